The van der Waals surface area contributed by atoms with Gasteiger partial charge >= 0.3 is 0 Å². The van der Waals surface area contributed by atoms with E-state index in [2.05, 4.69) is 24.5 Å². The van der Waals surface area contributed by atoms with Crippen LogP contribution in [0.1, 0.15) is 46.0 Å². The van der Waals surface area contributed by atoms with Gasteiger partial charge in [0.05, 0.1) is 0 Å². The Kier molecular flexibility index (Phi) is 3.13. The summed E-state index contributed by atoms with van der Waals surface area (Å²) in [4.78, 5) is 0. The molecule has 0 spiro atoms. The van der Waals surface area contributed by atoms with E-state index in [4.69, 9.17) is 0 Å². The van der Waals surface area contributed by atoms with Gasteiger partial charge in [-0.05, 0) is 37.6 Å². The van der Waals surface area contributed by atoms with Gasteiger partial charge in [0, 0.05) is 18.6 Å². The third kappa shape index (κ3) is 2.29. The van der Waals surface area contributed by atoms with Gasteiger partial charge in [-0.1, -0.05) is 20.3 Å². The summed E-state index contributed by atoms with van der Waals surface area (Å²) in [5, 5.41) is 7.30. The molecule has 1 saturated carbocycles. The van der Waals surface area contributed by atoms with Gasteiger partial charge in [0.15, 0.2) is 0 Å². The number of hydrogen-bond acceptors (Lipinski definition) is 2. The summed E-state index contributed by atoms with van der Waals surface area (Å²) < 4.78 is 0. The highest BCUT2D eigenvalue weighted by molar-refractivity contribution is 4.94. The Labute approximate surface area is 87.8 Å². The van der Waals surface area contributed by atoms with Crippen molar-refractivity contribution in [1.29, 1.82) is 0 Å². The normalized spacial score (nSPS) is 36.4. The first-order chi connectivity index (χ1) is 6.68. The van der Waals surface area contributed by atoms with Crippen LogP contribution in [0.5, 0.6) is 0 Å². The van der Waals surface area contributed by atoms with Crippen molar-refractivity contribution in [3.8, 4) is 0 Å². The summed E-state index contributed by atoms with van der Waals surface area (Å²) in [5.74, 6) is 0. The minimum Gasteiger partial charge on any atom is -0.313 e. The highest BCUT2D eigenvalue weighted by atomic mass is 15.0. The van der Waals surface area contributed by atoms with Gasteiger partial charge in [0.2, 0.25) is 0 Å². The highest BCUT2D eigenvalue weighted by Gasteiger charge is 2.38. The molecule has 2 atom stereocenters. The van der Waals surface area contributed by atoms with Gasteiger partial charge in [0.25, 0.3) is 0 Å². The van der Waals surface area contributed by atoms with Crippen molar-refractivity contribution in [2.24, 2.45) is 5.41 Å². The van der Waals surface area contributed by atoms with Crippen molar-refractivity contribution in [1.82, 2.24) is 10.6 Å². The van der Waals surface area contributed by atoms with E-state index >= 15 is 0 Å². The van der Waals surface area contributed by atoms with Crippen LogP contribution in [0.2, 0.25) is 0 Å². The molecule has 0 radical (unpaired) electrons. The topological polar surface area (TPSA) is 24.1 Å². The van der Waals surface area contributed by atoms with Crippen LogP contribution in [-0.2, 0) is 0 Å². The van der Waals surface area contributed by atoms with Crippen molar-refractivity contribution in [3.63, 3.8) is 0 Å². The van der Waals surface area contributed by atoms with Crippen LogP contribution in [0.3, 0.4) is 0 Å². The van der Waals surface area contributed by atoms with Crippen LogP contribution in [0.15, 0.2) is 0 Å². The van der Waals surface area contributed by atoms with Gasteiger partial charge in [-0.3, -0.25) is 0 Å². The predicted molar refractivity (Wildman–Crippen MR) is 60.4 cm³/mol. The fourth-order valence-corrected chi connectivity index (χ4v) is 2.63. The molecule has 0 bridgehead atoms. The van der Waals surface area contributed by atoms with Gasteiger partial charge in [-0.25, -0.2) is 0 Å². The van der Waals surface area contributed by atoms with E-state index in [-0.39, 0.29) is 0 Å². The molecule has 1 aliphatic heterocycles. The fraction of sp³-hybridized carbons (Fsp3) is 1.00. The van der Waals surface area contributed by atoms with Crippen LogP contribution in [0.4, 0.5) is 0 Å². The molecule has 0 aromatic heterocycles. The van der Waals surface area contributed by atoms with Crippen molar-refractivity contribution >= 4 is 0 Å². The van der Waals surface area contributed by atoms with E-state index < -0.39 is 0 Å². The monoisotopic (exact) mass is 196 g/mol. The molecule has 2 N–H and O–H groups in total. The average molecular weight is 196 g/mol. The SMILES string of the molecule is CC1(C)CCC1NC[C@@H]1CCCCN1. The van der Waals surface area contributed by atoms with E-state index in [9.17, 15) is 0 Å². The molecular formula is C12H24N2. The molecule has 1 unspecified atom stereocenters. The van der Waals surface area contributed by atoms with Crippen molar-refractivity contribution < 1.29 is 0 Å². The summed E-state index contributed by atoms with van der Waals surface area (Å²) in [6.45, 7) is 7.15. The molecule has 1 aliphatic carbocycles. The van der Waals surface area contributed by atoms with Crippen molar-refractivity contribution in [3.05, 3.63) is 0 Å². The van der Waals surface area contributed by atoms with E-state index in [1.807, 2.05) is 0 Å². The fourth-order valence-electron chi connectivity index (χ4n) is 2.63. The lowest BCUT2D eigenvalue weighted by atomic mass is 9.67. The Morgan fingerprint density at radius 2 is 2.14 bits per heavy atom. The summed E-state index contributed by atoms with van der Waals surface area (Å²) in [5.41, 5.74) is 0.550. The molecule has 82 valence electrons. The first-order valence-corrected chi connectivity index (χ1v) is 6.15. The lowest BCUT2D eigenvalue weighted by Crippen LogP contribution is -2.54. The van der Waals surface area contributed by atoms with Gasteiger partial charge < -0.3 is 10.6 Å². The van der Waals surface area contributed by atoms with Gasteiger partial charge in [-0.15, -0.1) is 0 Å². The van der Waals surface area contributed by atoms with Crippen molar-refractivity contribution in [2.75, 3.05) is 13.1 Å². The van der Waals surface area contributed by atoms with Crippen LogP contribution >= 0.6 is 0 Å². The molecule has 0 aromatic carbocycles. The Hall–Kier alpha value is -0.0800. The first-order valence-electron chi connectivity index (χ1n) is 6.15. The third-order valence-electron chi connectivity index (χ3n) is 4.04. The minimum atomic E-state index is 0.550. The summed E-state index contributed by atoms with van der Waals surface area (Å²) in [6.07, 6.45) is 6.90. The molecule has 2 nitrogen and oxygen atoms in total. The zero-order valence-electron chi connectivity index (χ0n) is 9.60. The molecular weight excluding hydrogens is 172 g/mol. The molecule has 0 aromatic rings. The van der Waals surface area contributed by atoms with E-state index in [1.165, 1.54) is 45.2 Å². The molecule has 14 heavy (non-hydrogen) atoms. The standard InChI is InChI=1S/C12H24N2/c1-12(2)7-6-11(12)14-9-10-5-3-4-8-13-10/h10-11,13-14H,3-9H2,1-2H3/t10-,11?/m0/s1. The highest BCUT2D eigenvalue weighted by Crippen LogP contribution is 2.39. The van der Waals surface area contributed by atoms with Crippen LogP contribution < -0.4 is 10.6 Å². The number of rotatable bonds is 3. The third-order valence-corrected chi connectivity index (χ3v) is 4.04. The zero-order chi connectivity index (χ0) is 10.0. The largest absolute Gasteiger partial charge is 0.313 e. The Morgan fingerprint density at radius 3 is 2.64 bits per heavy atom. The lowest BCUT2D eigenvalue weighted by Gasteiger charge is -2.45. The maximum absolute atomic E-state index is 3.72. The Balaban J connectivity index is 1.66. The summed E-state index contributed by atoms with van der Waals surface area (Å²) in [7, 11) is 0. The molecule has 0 amide bonds. The van der Waals surface area contributed by atoms with Gasteiger partial charge in [0.1, 0.15) is 0 Å². The Morgan fingerprint density at radius 1 is 1.29 bits per heavy atom. The first kappa shape index (κ1) is 10.4. The Bertz CT molecular complexity index is 183. The average Bonchev–Trinajstić information content (AvgIpc) is 2.18. The maximum Gasteiger partial charge on any atom is 0.0192 e. The number of piperidine rings is 1. The second kappa shape index (κ2) is 4.19. The van der Waals surface area contributed by atoms with Gasteiger partial charge in [-0.2, -0.15) is 0 Å². The summed E-state index contributed by atoms with van der Waals surface area (Å²) in [6, 6.07) is 1.51. The van der Waals surface area contributed by atoms with Crippen LogP contribution in [0, 0.1) is 5.41 Å². The molecule has 2 fully saturated rings. The smallest absolute Gasteiger partial charge is 0.0192 e. The molecule has 2 heteroatoms. The quantitative estimate of drug-likeness (QED) is 0.720. The predicted octanol–water partition coefficient (Wildman–Crippen LogP) is 1.91. The summed E-state index contributed by atoms with van der Waals surface area (Å²) >= 11 is 0. The van der Waals surface area contributed by atoms with Crippen LogP contribution in [0.25, 0.3) is 0 Å². The second-order valence-electron chi connectivity index (χ2n) is 5.63. The van der Waals surface area contributed by atoms with Crippen LogP contribution in [-0.4, -0.2) is 25.2 Å². The lowest BCUT2D eigenvalue weighted by molar-refractivity contribution is 0.105. The number of hydrogen-bond donors (Lipinski definition) is 2. The van der Waals surface area contributed by atoms with E-state index in [0.717, 1.165) is 12.1 Å². The molecule has 1 saturated heterocycles. The second-order valence-corrected chi connectivity index (χ2v) is 5.63. The maximum atomic E-state index is 3.72. The van der Waals surface area contributed by atoms with Crippen molar-refractivity contribution in [2.45, 2.75) is 58.0 Å². The molecule has 2 aliphatic rings. The number of nitrogens with one attached hydrogen (secondary N) is 2. The minimum absolute atomic E-state index is 0.550. The molecule has 2 rings (SSSR count). The zero-order valence-corrected chi connectivity index (χ0v) is 9.60. The molecule has 1 heterocycles. The van der Waals surface area contributed by atoms with E-state index in [1.54, 1.807) is 0 Å². The van der Waals surface area contributed by atoms with E-state index in [0.29, 0.717) is 5.41 Å².